The maximum atomic E-state index is 5.59. The SMILES string of the molecule is CC=CCCC(C)COC1(C)CO1. The molecule has 2 heteroatoms. The van der Waals surface area contributed by atoms with Crippen LogP contribution in [0.4, 0.5) is 0 Å². The lowest BCUT2D eigenvalue weighted by molar-refractivity contribution is -0.0438. The molecule has 0 aromatic carbocycles. The molecule has 2 atom stereocenters. The maximum absolute atomic E-state index is 5.59. The molecule has 13 heavy (non-hydrogen) atoms. The maximum Gasteiger partial charge on any atom is 0.189 e. The molecule has 0 saturated carbocycles. The van der Waals surface area contributed by atoms with Crippen molar-refractivity contribution < 1.29 is 9.47 Å². The zero-order valence-corrected chi connectivity index (χ0v) is 8.88. The predicted molar refractivity (Wildman–Crippen MR) is 53.5 cm³/mol. The Labute approximate surface area is 80.9 Å². The third-order valence-electron chi connectivity index (χ3n) is 2.29. The van der Waals surface area contributed by atoms with E-state index in [1.54, 1.807) is 0 Å². The normalized spacial score (nSPS) is 29.5. The first kappa shape index (κ1) is 10.7. The Hall–Kier alpha value is -0.340. The summed E-state index contributed by atoms with van der Waals surface area (Å²) in [6, 6.07) is 0. The number of epoxide rings is 1. The molecule has 0 radical (unpaired) electrons. The summed E-state index contributed by atoms with van der Waals surface area (Å²) >= 11 is 0. The van der Waals surface area contributed by atoms with E-state index in [4.69, 9.17) is 9.47 Å². The average Bonchev–Trinajstić information content (AvgIpc) is 2.82. The topological polar surface area (TPSA) is 21.8 Å². The van der Waals surface area contributed by atoms with E-state index >= 15 is 0 Å². The molecular formula is C11H20O2. The summed E-state index contributed by atoms with van der Waals surface area (Å²) in [5.74, 6) is 0.381. The van der Waals surface area contributed by atoms with Crippen LogP contribution >= 0.6 is 0 Å². The van der Waals surface area contributed by atoms with Gasteiger partial charge in [-0.25, -0.2) is 0 Å². The molecule has 2 nitrogen and oxygen atoms in total. The first-order chi connectivity index (χ1) is 6.16. The highest BCUT2D eigenvalue weighted by Crippen LogP contribution is 2.28. The van der Waals surface area contributed by atoms with Crippen LogP contribution in [0.3, 0.4) is 0 Å². The van der Waals surface area contributed by atoms with Gasteiger partial charge in [0, 0.05) is 0 Å². The van der Waals surface area contributed by atoms with Crippen LogP contribution in [-0.2, 0) is 9.47 Å². The van der Waals surface area contributed by atoms with Gasteiger partial charge >= 0.3 is 0 Å². The van der Waals surface area contributed by atoms with Crippen molar-refractivity contribution in [3.8, 4) is 0 Å². The van der Waals surface area contributed by atoms with Gasteiger partial charge in [0.25, 0.3) is 0 Å². The standard InChI is InChI=1S/C11H20O2/c1-4-5-6-7-10(2)8-12-11(3)9-13-11/h4-5,10H,6-9H2,1-3H3. The van der Waals surface area contributed by atoms with E-state index in [0.29, 0.717) is 5.92 Å². The van der Waals surface area contributed by atoms with E-state index in [0.717, 1.165) is 19.6 Å². The number of ether oxygens (including phenoxy) is 2. The Balaban J connectivity index is 2.00. The Kier molecular flexibility index (Phi) is 3.94. The summed E-state index contributed by atoms with van der Waals surface area (Å²) in [4.78, 5) is 0. The van der Waals surface area contributed by atoms with Crippen LogP contribution in [0.25, 0.3) is 0 Å². The van der Waals surface area contributed by atoms with Crippen LogP contribution in [0.2, 0.25) is 0 Å². The van der Waals surface area contributed by atoms with Crippen molar-refractivity contribution in [3.63, 3.8) is 0 Å². The molecule has 0 bridgehead atoms. The number of hydrogen-bond acceptors (Lipinski definition) is 2. The van der Waals surface area contributed by atoms with E-state index in [2.05, 4.69) is 26.0 Å². The predicted octanol–water partition coefficient (Wildman–Crippen LogP) is 2.74. The third-order valence-corrected chi connectivity index (χ3v) is 2.29. The smallest absolute Gasteiger partial charge is 0.189 e. The van der Waals surface area contributed by atoms with Gasteiger partial charge in [0.15, 0.2) is 5.79 Å². The molecule has 1 aliphatic heterocycles. The minimum atomic E-state index is -0.241. The fourth-order valence-corrected chi connectivity index (χ4v) is 1.13. The van der Waals surface area contributed by atoms with Gasteiger partial charge in [-0.15, -0.1) is 0 Å². The first-order valence-corrected chi connectivity index (χ1v) is 5.05. The molecule has 0 N–H and O–H groups in total. The highest BCUT2D eigenvalue weighted by Gasteiger charge is 2.40. The van der Waals surface area contributed by atoms with Gasteiger partial charge in [0.1, 0.15) is 6.61 Å². The number of allylic oxidation sites excluding steroid dienone is 2. The van der Waals surface area contributed by atoms with Crippen LogP contribution < -0.4 is 0 Å². The van der Waals surface area contributed by atoms with Gasteiger partial charge < -0.3 is 9.47 Å². The minimum absolute atomic E-state index is 0.241. The summed E-state index contributed by atoms with van der Waals surface area (Å²) in [6.07, 6.45) is 6.64. The second-order valence-electron chi connectivity index (χ2n) is 3.99. The molecule has 0 spiro atoms. The fourth-order valence-electron chi connectivity index (χ4n) is 1.13. The van der Waals surface area contributed by atoms with Gasteiger partial charge in [-0.3, -0.25) is 0 Å². The lowest BCUT2D eigenvalue weighted by Crippen LogP contribution is -2.16. The fraction of sp³-hybridized carbons (Fsp3) is 0.818. The minimum Gasteiger partial charge on any atom is -0.348 e. The summed E-state index contributed by atoms with van der Waals surface area (Å²) in [7, 11) is 0. The molecule has 0 amide bonds. The number of hydrogen-bond donors (Lipinski definition) is 0. The van der Waals surface area contributed by atoms with Gasteiger partial charge in [-0.05, 0) is 32.6 Å². The molecule has 0 aliphatic carbocycles. The Morgan fingerprint density at radius 3 is 2.85 bits per heavy atom. The molecule has 1 fully saturated rings. The van der Waals surface area contributed by atoms with Gasteiger partial charge in [-0.1, -0.05) is 19.1 Å². The van der Waals surface area contributed by atoms with Gasteiger partial charge in [0.2, 0.25) is 0 Å². The second kappa shape index (κ2) is 4.77. The molecule has 76 valence electrons. The monoisotopic (exact) mass is 184 g/mol. The van der Waals surface area contributed by atoms with E-state index in [-0.39, 0.29) is 5.79 Å². The molecule has 1 rings (SSSR count). The highest BCUT2D eigenvalue weighted by atomic mass is 16.8. The lowest BCUT2D eigenvalue weighted by Gasteiger charge is -2.12. The van der Waals surface area contributed by atoms with Crippen LogP contribution in [0.5, 0.6) is 0 Å². The van der Waals surface area contributed by atoms with Gasteiger partial charge in [0.05, 0.1) is 6.61 Å². The molecular weight excluding hydrogens is 164 g/mol. The van der Waals surface area contributed by atoms with Crippen LogP contribution in [0.1, 0.15) is 33.6 Å². The first-order valence-electron chi connectivity index (χ1n) is 5.05. The van der Waals surface area contributed by atoms with Crippen molar-refractivity contribution in [1.82, 2.24) is 0 Å². The zero-order chi connectivity index (χ0) is 9.73. The van der Waals surface area contributed by atoms with Crippen molar-refractivity contribution in [3.05, 3.63) is 12.2 Å². The molecule has 2 unspecified atom stereocenters. The summed E-state index contributed by atoms with van der Waals surface area (Å²) < 4.78 is 10.7. The molecule has 1 aliphatic rings. The largest absolute Gasteiger partial charge is 0.348 e. The van der Waals surface area contributed by atoms with Crippen LogP contribution in [0.15, 0.2) is 12.2 Å². The Bertz CT molecular complexity index is 171. The highest BCUT2D eigenvalue weighted by molar-refractivity contribution is 4.78. The van der Waals surface area contributed by atoms with Crippen molar-refractivity contribution in [2.75, 3.05) is 13.2 Å². The van der Waals surface area contributed by atoms with Gasteiger partial charge in [-0.2, -0.15) is 0 Å². The van der Waals surface area contributed by atoms with E-state index in [9.17, 15) is 0 Å². The molecule has 0 aromatic heterocycles. The second-order valence-corrected chi connectivity index (χ2v) is 3.99. The lowest BCUT2D eigenvalue weighted by atomic mass is 10.1. The van der Waals surface area contributed by atoms with E-state index in [1.165, 1.54) is 6.42 Å². The molecule has 0 aromatic rings. The summed E-state index contributed by atoms with van der Waals surface area (Å²) in [5.41, 5.74) is 0. The zero-order valence-electron chi connectivity index (χ0n) is 8.88. The molecule has 1 heterocycles. The average molecular weight is 184 g/mol. The van der Waals surface area contributed by atoms with Crippen molar-refractivity contribution in [2.45, 2.75) is 39.4 Å². The summed E-state index contributed by atoms with van der Waals surface area (Å²) in [5, 5.41) is 0. The third kappa shape index (κ3) is 4.44. The van der Waals surface area contributed by atoms with Crippen molar-refractivity contribution in [2.24, 2.45) is 5.92 Å². The van der Waals surface area contributed by atoms with Crippen molar-refractivity contribution >= 4 is 0 Å². The van der Waals surface area contributed by atoms with E-state index in [1.807, 2.05) is 6.92 Å². The van der Waals surface area contributed by atoms with E-state index < -0.39 is 0 Å². The Morgan fingerprint density at radius 1 is 1.62 bits per heavy atom. The quantitative estimate of drug-likeness (QED) is 0.467. The summed E-state index contributed by atoms with van der Waals surface area (Å²) in [6.45, 7) is 7.84. The molecule has 1 saturated heterocycles. The van der Waals surface area contributed by atoms with Crippen molar-refractivity contribution in [1.29, 1.82) is 0 Å². The number of rotatable bonds is 6. The Morgan fingerprint density at radius 2 is 2.31 bits per heavy atom. The van der Waals surface area contributed by atoms with Crippen LogP contribution in [0, 0.1) is 5.92 Å². The van der Waals surface area contributed by atoms with Crippen LogP contribution in [-0.4, -0.2) is 19.0 Å².